The van der Waals surface area contributed by atoms with Crippen molar-refractivity contribution in [2.24, 2.45) is 7.05 Å². The molecule has 0 bridgehead atoms. The number of rotatable bonds is 4. The Kier molecular flexibility index (Phi) is 4.81. The molecular formula is C13H22BrN3O. The molecule has 1 aliphatic rings. The quantitative estimate of drug-likeness (QED) is 0.928. The second-order valence-corrected chi connectivity index (χ2v) is 5.79. The summed E-state index contributed by atoms with van der Waals surface area (Å²) in [6.07, 6.45) is 5.27. The minimum Gasteiger partial charge on any atom is -0.370 e. The molecule has 1 aliphatic carbocycles. The predicted molar refractivity (Wildman–Crippen MR) is 75.5 cm³/mol. The zero-order valence-corrected chi connectivity index (χ0v) is 13.0. The molecule has 2 rings (SSSR count). The molecule has 1 fully saturated rings. The lowest BCUT2D eigenvalue weighted by molar-refractivity contribution is -0.00641. The largest absolute Gasteiger partial charge is 0.370 e. The molecule has 2 unspecified atom stereocenters. The minimum absolute atomic E-state index is 0.325. The Bertz CT molecular complexity index is 405. The van der Waals surface area contributed by atoms with Crippen LogP contribution in [0.5, 0.6) is 0 Å². The fourth-order valence-corrected chi connectivity index (χ4v) is 3.10. The first-order valence-corrected chi connectivity index (χ1v) is 7.39. The summed E-state index contributed by atoms with van der Waals surface area (Å²) in [6, 6.07) is 0.492. The molecule has 0 spiro atoms. The Labute approximate surface area is 117 Å². The maximum atomic E-state index is 6.09. The Morgan fingerprint density at radius 1 is 1.44 bits per heavy atom. The first kappa shape index (κ1) is 14.0. The molecule has 1 aromatic rings. The van der Waals surface area contributed by atoms with Crippen LogP contribution in [0.25, 0.3) is 0 Å². The summed E-state index contributed by atoms with van der Waals surface area (Å²) in [6.45, 7) is 2.63. The maximum absolute atomic E-state index is 6.09. The van der Waals surface area contributed by atoms with E-state index in [0.29, 0.717) is 18.8 Å². The van der Waals surface area contributed by atoms with Gasteiger partial charge >= 0.3 is 0 Å². The van der Waals surface area contributed by atoms with E-state index < -0.39 is 0 Å². The third kappa shape index (κ3) is 2.95. The average Bonchev–Trinajstić information content (AvgIpc) is 2.62. The van der Waals surface area contributed by atoms with Gasteiger partial charge in [-0.15, -0.1) is 0 Å². The van der Waals surface area contributed by atoms with Gasteiger partial charge in [-0.1, -0.05) is 12.8 Å². The summed E-state index contributed by atoms with van der Waals surface area (Å²) < 4.78 is 9.06. The summed E-state index contributed by atoms with van der Waals surface area (Å²) in [5.41, 5.74) is 2.14. The molecule has 2 atom stereocenters. The van der Waals surface area contributed by atoms with Crippen LogP contribution < -0.4 is 5.32 Å². The van der Waals surface area contributed by atoms with Crippen molar-refractivity contribution in [3.63, 3.8) is 0 Å². The summed E-state index contributed by atoms with van der Waals surface area (Å²) in [7, 11) is 3.99. The SMILES string of the molecule is CNC1CCCCC1OCc1c(Br)c(C)nn1C. The van der Waals surface area contributed by atoms with Crippen molar-refractivity contribution in [1.29, 1.82) is 0 Å². The fourth-order valence-electron chi connectivity index (χ4n) is 2.65. The molecule has 4 nitrogen and oxygen atoms in total. The smallest absolute Gasteiger partial charge is 0.0900 e. The molecule has 1 N–H and O–H groups in total. The highest BCUT2D eigenvalue weighted by atomic mass is 79.9. The molecule has 0 radical (unpaired) electrons. The van der Waals surface area contributed by atoms with Gasteiger partial charge < -0.3 is 10.1 Å². The molecule has 1 saturated carbocycles. The second kappa shape index (κ2) is 6.17. The first-order chi connectivity index (χ1) is 8.63. The third-order valence-electron chi connectivity index (χ3n) is 3.77. The third-order valence-corrected chi connectivity index (χ3v) is 4.80. The number of nitrogens with zero attached hydrogens (tertiary/aromatic N) is 2. The molecule has 102 valence electrons. The van der Waals surface area contributed by atoms with Gasteiger partial charge in [0.1, 0.15) is 0 Å². The van der Waals surface area contributed by atoms with Crippen molar-refractivity contribution in [3.05, 3.63) is 15.9 Å². The van der Waals surface area contributed by atoms with E-state index in [0.717, 1.165) is 22.3 Å². The normalized spacial score (nSPS) is 24.4. The van der Waals surface area contributed by atoms with Gasteiger partial charge in [0.2, 0.25) is 0 Å². The van der Waals surface area contributed by atoms with Crippen molar-refractivity contribution >= 4 is 15.9 Å². The Morgan fingerprint density at radius 3 is 2.78 bits per heavy atom. The van der Waals surface area contributed by atoms with Crippen molar-refractivity contribution in [2.75, 3.05) is 7.05 Å². The van der Waals surface area contributed by atoms with Gasteiger partial charge in [-0.05, 0) is 42.7 Å². The summed E-state index contributed by atoms with van der Waals surface area (Å²) in [5.74, 6) is 0. The molecule has 0 aliphatic heterocycles. The molecule has 1 aromatic heterocycles. The van der Waals surface area contributed by atoms with Crippen molar-refractivity contribution in [1.82, 2.24) is 15.1 Å². The number of hydrogen-bond acceptors (Lipinski definition) is 3. The molecule has 0 aromatic carbocycles. The monoisotopic (exact) mass is 315 g/mol. The van der Waals surface area contributed by atoms with Crippen LogP contribution in [0.3, 0.4) is 0 Å². The van der Waals surface area contributed by atoms with Crippen molar-refractivity contribution < 1.29 is 4.74 Å². The molecule has 0 amide bonds. The second-order valence-electron chi connectivity index (χ2n) is 5.00. The van der Waals surface area contributed by atoms with Crippen LogP contribution in [-0.4, -0.2) is 29.0 Å². The molecule has 18 heavy (non-hydrogen) atoms. The Balaban J connectivity index is 1.98. The number of aromatic nitrogens is 2. The van der Waals surface area contributed by atoms with Gasteiger partial charge in [0, 0.05) is 13.1 Å². The lowest BCUT2D eigenvalue weighted by Crippen LogP contribution is -2.41. The van der Waals surface area contributed by atoms with Crippen molar-refractivity contribution in [2.45, 2.75) is 51.4 Å². The van der Waals surface area contributed by atoms with E-state index in [4.69, 9.17) is 4.74 Å². The topological polar surface area (TPSA) is 39.1 Å². The highest BCUT2D eigenvalue weighted by molar-refractivity contribution is 9.10. The van der Waals surface area contributed by atoms with E-state index in [9.17, 15) is 0 Å². The number of halogens is 1. The zero-order chi connectivity index (χ0) is 13.1. The molecule has 0 saturated heterocycles. The fraction of sp³-hybridized carbons (Fsp3) is 0.769. The molecule has 1 heterocycles. The van der Waals surface area contributed by atoms with Crippen LogP contribution in [0.1, 0.15) is 37.1 Å². The summed E-state index contributed by atoms with van der Waals surface area (Å²) in [5, 5.41) is 7.75. The van der Waals surface area contributed by atoms with Crippen LogP contribution in [-0.2, 0) is 18.4 Å². The number of hydrogen-bond donors (Lipinski definition) is 1. The van der Waals surface area contributed by atoms with E-state index in [2.05, 4.69) is 26.3 Å². The van der Waals surface area contributed by atoms with Crippen LogP contribution in [0.2, 0.25) is 0 Å². The van der Waals surface area contributed by atoms with Crippen LogP contribution in [0, 0.1) is 6.92 Å². The van der Waals surface area contributed by atoms with E-state index >= 15 is 0 Å². The predicted octanol–water partition coefficient (Wildman–Crippen LogP) is 2.54. The molecule has 5 heteroatoms. The van der Waals surface area contributed by atoms with Gasteiger partial charge in [0.15, 0.2) is 0 Å². The summed E-state index contributed by atoms with van der Waals surface area (Å²) in [4.78, 5) is 0. The van der Waals surface area contributed by atoms with Crippen LogP contribution >= 0.6 is 15.9 Å². The van der Waals surface area contributed by atoms with E-state index in [1.807, 2.05) is 25.7 Å². The average molecular weight is 316 g/mol. The number of likely N-dealkylation sites (N-methyl/N-ethyl adjacent to an activating group) is 1. The van der Waals surface area contributed by atoms with Gasteiger partial charge in [-0.2, -0.15) is 5.10 Å². The highest BCUT2D eigenvalue weighted by Gasteiger charge is 2.25. The van der Waals surface area contributed by atoms with Gasteiger partial charge in [-0.3, -0.25) is 4.68 Å². The lowest BCUT2D eigenvalue weighted by Gasteiger charge is -2.31. The summed E-state index contributed by atoms with van der Waals surface area (Å²) >= 11 is 3.58. The number of aryl methyl sites for hydroxylation is 2. The molecular weight excluding hydrogens is 294 g/mol. The number of ether oxygens (including phenoxy) is 1. The first-order valence-electron chi connectivity index (χ1n) is 6.60. The minimum atomic E-state index is 0.325. The van der Waals surface area contributed by atoms with Gasteiger partial charge in [-0.25, -0.2) is 0 Å². The van der Waals surface area contributed by atoms with Crippen LogP contribution in [0.15, 0.2) is 4.47 Å². The zero-order valence-electron chi connectivity index (χ0n) is 11.4. The van der Waals surface area contributed by atoms with E-state index in [1.54, 1.807) is 0 Å². The Hall–Kier alpha value is -0.390. The van der Waals surface area contributed by atoms with Crippen LogP contribution in [0.4, 0.5) is 0 Å². The van der Waals surface area contributed by atoms with Gasteiger partial charge in [0.05, 0.1) is 28.6 Å². The highest BCUT2D eigenvalue weighted by Crippen LogP contribution is 2.25. The van der Waals surface area contributed by atoms with Crippen molar-refractivity contribution in [3.8, 4) is 0 Å². The Morgan fingerprint density at radius 2 is 2.17 bits per heavy atom. The van der Waals surface area contributed by atoms with E-state index in [-0.39, 0.29) is 0 Å². The lowest BCUT2D eigenvalue weighted by atomic mass is 9.92. The number of nitrogens with one attached hydrogen (secondary N) is 1. The maximum Gasteiger partial charge on any atom is 0.0900 e. The van der Waals surface area contributed by atoms with E-state index in [1.165, 1.54) is 19.3 Å². The van der Waals surface area contributed by atoms with Gasteiger partial charge in [0.25, 0.3) is 0 Å². The standard InChI is InChI=1S/C13H22BrN3O/c1-9-13(14)11(17(3)16-9)8-18-12-7-5-4-6-10(12)15-2/h10,12,15H,4-8H2,1-3H3.